The van der Waals surface area contributed by atoms with Crippen molar-refractivity contribution in [1.29, 1.82) is 5.26 Å². The highest BCUT2D eigenvalue weighted by Gasteiger charge is 2.26. The van der Waals surface area contributed by atoms with Crippen molar-refractivity contribution in [2.24, 2.45) is 0 Å². The Bertz CT molecular complexity index is 1590. The zero-order chi connectivity index (χ0) is 27.2. The summed E-state index contributed by atoms with van der Waals surface area (Å²) in [4.78, 5) is 43.4. The van der Waals surface area contributed by atoms with Gasteiger partial charge in [-0.1, -0.05) is 17.7 Å². The van der Waals surface area contributed by atoms with Gasteiger partial charge in [-0.05, 0) is 42.5 Å². The molecule has 4 aromatic rings. The highest BCUT2D eigenvalue weighted by Crippen LogP contribution is 2.34. The average molecular weight is 549 g/mol. The summed E-state index contributed by atoms with van der Waals surface area (Å²) in [6.07, 6.45) is 3.13. The van der Waals surface area contributed by atoms with Crippen molar-refractivity contribution in [2.75, 3.05) is 19.5 Å². The molecule has 1 unspecified atom stereocenters. The van der Waals surface area contributed by atoms with Gasteiger partial charge in [-0.3, -0.25) is 19.1 Å². The van der Waals surface area contributed by atoms with Crippen molar-refractivity contribution in [1.82, 2.24) is 9.55 Å². The monoisotopic (exact) mass is 548 g/mol. The van der Waals surface area contributed by atoms with Crippen LogP contribution in [0.4, 0.5) is 5.00 Å². The number of nitrogens with zero attached hydrogens (tertiary/aromatic N) is 3. The van der Waals surface area contributed by atoms with Crippen molar-refractivity contribution in [2.45, 2.75) is 12.5 Å². The summed E-state index contributed by atoms with van der Waals surface area (Å²) < 4.78 is 11.6. The van der Waals surface area contributed by atoms with Gasteiger partial charge in [0.1, 0.15) is 16.7 Å². The maximum Gasteiger partial charge on any atom is 0.348 e. The van der Waals surface area contributed by atoms with Crippen molar-refractivity contribution in [3.8, 4) is 22.9 Å². The van der Waals surface area contributed by atoms with Crippen molar-refractivity contribution in [3.63, 3.8) is 0 Å². The predicted molar refractivity (Wildman–Crippen MR) is 144 cm³/mol. The van der Waals surface area contributed by atoms with Crippen LogP contribution in [0.25, 0.3) is 11.1 Å². The molecule has 0 radical (unpaired) electrons. The van der Waals surface area contributed by atoms with Gasteiger partial charge in [0, 0.05) is 40.5 Å². The van der Waals surface area contributed by atoms with Gasteiger partial charge in [-0.25, -0.2) is 4.79 Å². The number of anilines is 1. The molecule has 0 aliphatic carbocycles. The van der Waals surface area contributed by atoms with E-state index in [-0.39, 0.29) is 12.2 Å². The maximum absolute atomic E-state index is 13.5. The number of pyridine rings is 2. The molecular weight excluding hydrogens is 528 g/mol. The summed E-state index contributed by atoms with van der Waals surface area (Å²) in [7, 11) is 2.70. The van der Waals surface area contributed by atoms with E-state index in [9.17, 15) is 19.6 Å². The minimum absolute atomic E-state index is 0.102. The van der Waals surface area contributed by atoms with Gasteiger partial charge in [0.05, 0.1) is 37.1 Å². The van der Waals surface area contributed by atoms with Gasteiger partial charge in [0.2, 0.25) is 5.91 Å². The fourth-order valence-electron chi connectivity index (χ4n) is 3.84. The molecule has 0 aliphatic heterocycles. The number of methoxy groups -OCH3 is 2. The number of nitrogens with one attached hydrogen (secondary N) is 1. The molecule has 3 heterocycles. The molecule has 11 heteroatoms. The Morgan fingerprint density at radius 3 is 2.66 bits per heavy atom. The topological polar surface area (TPSA) is 123 Å². The van der Waals surface area contributed by atoms with E-state index in [0.29, 0.717) is 37.3 Å². The number of amides is 1. The zero-order valence-corrected chi connectivity index (χ0v) is 21.9. The molecule has 38 heavy (non-hydrogen) atoms. The first-order valence-electron chi connectivity index (χ1n) is 11.2. The quantitative estimate of drug-likeness (QED) is 0.316. The zero-order valence-electron chi connectivity index (χ0n) is 20.3. The minimum Gasteiger partial charge on any atom is -0.495 e. The smallest absolute Gasteiger partial charge is 0.348 e. The van der Waals surface area contributed by atoms with Crippen LogP contribution in [-0.2, 0) is 16.0 Å². The number of benzene rings is 1. The number of carbonyl (C=O) groups excluding carboxylic acids is 2. The highest BCUT2D eigenvalue weighted by molar-refractivity contribution is 7.18. The van der Waals surface area contributed by atoms with Crippen molar-refractivity contribution >= 4 is 39.8 Å². The van der Waals surface area contributed by atoms with E-state index >= 15 is 0 Å². The standard InChI is InChI=1S/C27H21ClN4O5S/c1-36-22-15-32(25(33)13-20(22)19-11-17(28)7-6-16(19)14-29)21(12-18-5-3-4-10-30-18)26(34)31-24-9-8-23(38-24)27(35)37-2/h3-11,13,15,21H,12H2,1-2H3,(H,31,34). The van der Waals surface area contributed by atoms with Crippen LogP contribution >= 0.6 is 22.9 Å². The average Bonchev–Trinajstić information content (AvgIpc) is 3.40. The van der Waals surface area contributed by atoms with E-state index < -0.39 is 23.5 Å². The van der Waals surface area contributed by atoms with Crippen LogP contribution in [0.3, 0.4) is 0 Å². The summed E-state index contributed by atoms with van der Waals surface area (Å²) in [6.45, 7) is 0. The SMILES string of the molecule is COC(=O)c1ccc(NC(=O)C(Cc2ccccn2)n2cc(OC)c(-c3cc(Cl)ccc3C#N)cc2=O)s1. The molecule has 1 amide bonds. The second kappa shape index (κ2) is 11.7. The normalized spacial score (nSPS) is 11.3. The summed E-state index contributed by atoms with van der Waals surface area (Å²) >= 11 is 7.21. The molecule has 4 rings (SSSR count). The van der Waals surface area contributed by atoms with E-state index in [2.05, 4.69) is 16.4 Å². The van der Waals surface area contributed by atoms with Gasteiger partial charge < -0.3 is 14.8 Å². The van der Waals surface area contributed by atoms with Crippen LogP contribution in [0.2, 0.25) is 5.02 Å². The first-order chi connectivity index (χ1) is 18.3. The van der Waals surface area contributed by atoms with Gasteiger partial charge in [-0.15, -0.1) is 11.3 Å². The van der Waals surface area contributed by atoms with Gasteiger partial charge >= 0.3 is 5.97 Å². The lowest BCUT2D eigenvalue weighted by Gasteiger charge is -2.21. The summed E-state index contributed by atoms with van der Waals surface area (Å²) in [5.74, 6) is -0.743. The predicted octanol–water partition coefficient (Wildman–Crippen LogP) is 4.71. The first-order valence-corrected chi connectivity index (χ1v) is 12.4. The molecule has 0 saturated heterocycles. The van der Waals surface area contributed by atoms with Crippen LogP contribution in [-0.4, -0.2) is 35.6 Å². The van der Waals surface area contributed by atoms with Crippen LogP contribution < -0.4 is 15.6 Å². The van der Waals surface area contributed by atoms with E-state index in [1.807, 2.05) is 0 Å². The third kappa shape index (κ3) is 5.75. The lowest BCUT2D eigenvalue weighted by atomic mass is 10.00. The van der Waals surface area contributed by atoms with E-state index in [0.717, 1.165) is 11.3 Å². The molecule has 0 bridgehead atoms. The largest absolute Gasteiger partial charge is 0.495 e. The number of aromatic nitrogens is 2. The summed E-state index contributed by atoms with van der Waals surface area (Å²) in [5.41, 5.74) is 1.20. The number of nitriles is 1. The minimum atomic E-state index is -1.01. The van der Waals surface area contributed by atoms with Crippen LogP contribution in [0.1, 0.15) is 27.0 Å². The van der Waals surface area contributed by atoms with Crippen LogP contribution in [0.5, 0.6) is 5.75 Å². The third-order valence-electron chi connectivity index (χ3n) is 5.66. The second-order valence-corrected chi connectivity index (χ2v) is 9.51. The number of thiophene rings is 1. The van der Waals surface area contributed by atoms with Crippen LogP contribution in [0, 0.1) is 11.3 Å². The molecule has 3 aromatic heterocycles. The first kappa shape index (κ1) is 26.6. The molecule has 0 spiro atoms. The van der Waals surface area contributed by atoms with Gasteiger partial charge in [0.25, 0.3) is 5.56 Å². The van der Waals surface area contributed by atoms with E-state index in [1.54, 1.807) is 54.7 Å². The Hall–Kier alpha value is -4.46. The lowest BCUT2D eigenvalue weighted by Crippen LogP contribution is -2.34. The number of halogens is 1. The van der Waals surface area contributed by atoms with Crippen LogP contribution in [0.15, 0.2) is 71.8 Å². The fourth-order valence-corrected chi connectivity index (χ4v) is 4.84. The Morgan fingerprint density at radius 1 is 1.16 bits per heavy atom. The summed E-state index contributed by atoms with van der Waals surface area (Å²) in [6, 6.07) is 15.5. The Kier molecular flexibility index (Phi) is 8.21. The fraction of sp³-hybridized carbons (Fsp3) is 0.148. The second-order valence-electron chi connectivity index (χ2n) is 7.99. The summed E-state index contributed by atoms with van der Waals surface area (Å²) in [5, 5.41) is 13.2. The van der Waals surface area contributed by atoms with Crippen molar-refractivity contribution < 1.29 is 19.1 Å². The molecule has 0 saturated carbocycles. The van der Waals surface area contributed by atoms with Gasteiger partial charge in [0.15, 0.2) is 0 Å². The molecule has 192 valence electrons. The molecule has 9 nitrogen and oxygen atoms in total. The molecule has 1 atom stereocenters. The number of hydrogen-bond acceptors (Lipinski definition) is 8. The maximum atomic E-state index is 13.5. The van der Waals surface area contributed by atoms with Crippen molar-refractivity contribution in [3.05, 3.63) is 98.5 Å². The molecular formula is C27H21ClN4O5S. The number of hydrogen-bond donors (Lipinski definition) is 1. The Balaban J connectivity index is 1.77. The number of ether oxygens (including phenoxy) is 2. The molecule has 1 N–H and O–H groups in total. The molecule has 0 fully saturated rings. The molecule has 0 aliphatic rings. The number of esters is 1. The van der Waals surface area contributed by atoms with Gasteiger partial charge in [-0.2, -0.15) is 5.26 Å². The molecule has 1 aromatic carbocycles. The third-order valence-corrected chi connectivity index (χ3v) is 6.88. The number of rotatable bonds is 8. The number of carbonyl (C=O) groups is 2. The Labute approximate surface area is 226 Å². The highest BCUT2D eigenvalue weighted by atomic mass is 35.5. The lowest BCUT2D eigenvalue weighted by molar-refractivity contribution is -0.119. The van der Waals surface area contributed by atoms with E-state index in [1.165, 1.54) is 31.0 Å². The Morgan fingerprint density at radius 2 is 1.97 bits per heavy atom. The van der Waals surface area contributed by atoms with E-state index in [4.69, 9.17) is 21.1 Å².